The molecule has 0 radical (unpaired) electrons. The number of nitrogens with two attached hydrogens (primary N) is 2. The lowest BCUT2D eigenvalue weighted by molar-refractivity contribution is 1.20. The summed E-state index contributed by atoms with van der Waals surface area (Å²) in [5, 5.41) is 1.21. The van der Waals surface area contributed by atoms with E-state index < -0.39 is 0 Å². The second kappa shape index (κ2) is 4.86. The first-order chi connectivity index (χ1) is 8.04. The molecule has 0 aliphatic carbocycles. The molecule has 2 aromatic rings. The smallest absolute Gasteiger partial charge is 0.0638 e. The van der Waals surface area contributed by atoms with Crippen molar-refractivity contribution in [2.45, 2.75) is 6.42 Å². The van der Waals surface area contributed by atoms with Gasteiger partial charge in [-0.15, -0.1) is 0 Å². The summed E-state index contributed by atoms with van der Waals surface area (Å²) in [5.74, 6) is 0. The van der Waals surface area contributed by atoms with Crippen LogP contribution in [0.3, 0.4) is 0 Å². The van der Waals surface area contributed by atoms with Crippen molar-refractivity contribution in [1.29, 1.82) is 0 Å². The second-order valence-electron chi connectivity index (χ2n) is 3.93. The molecule has 2 aromatic carbocycles. The second-order valence-corrected chi connectivity index (χ2v) is 4.77. The fourth-order valence-corrected chi connectivity index (χ4v) is 2.16. The van der Waals surface area contributed by atoms with Crippen LogP contribution in [0.15, 0.2) is 36.4 Å². The average molecular weight is 267 g/mol. The summed E-state index contributed by atoms with van der Waals surface area (Å²) in [4.78, 5) is 0. The van der Waals surface area contributed by atoms with Gasteiger partial charge in [0.25, 0.3) is 0 Å². The van der Waals surface area contributed by atoms with E-state index in [1.807, 2.05) is 24.3 Å². The van der Waals surface area contributed by atoms with Gasteiger partial charge >= 0.3 is 0 Å². The number of nitrogen functional groups attached to an aromatic ring is 2. The van der Waals surface area contributed by atoms with Gasteiger partial charge in [0.15, 0.2) is 0 Å². The molecule has 0 aliphatic rings. The maximum absolute atomic E-state index is 5.97. The first-order valence-electron chi connectivity index (χ1n) is 5.13. The van der Waals surface area contributed by atoms with Crippen LogP contribution >= 0.6 is 23.2 Å². The van der Waals surface area contributed by atoms with E-state index >= 15 is 0 Å². The average Bonchev–Trinajstić information content (AvgIpc) is 2.22. The van der Waals surface area contributed by atoms with E-state index in [1.54, 1.807) is 12.1 Å². The molecule has 4 N–H and O–H groups in total. The van der Waals surface area contributed by atoms with Crippen molar-refractivity contribution >= 4 is 34.6 Å². The SMILES string of the molecule is Nc1cc(Cl)cc(Cc2ccc(N)c(Cl)c2)c1. The van der Waals surface area contributed by atoms with Crippen LogP contribution in [-0.4, -0.2) is 0 Å². The van der Waals surface area contributed by atoms with Gasteiger partial charge in [-0.05, 0) is 47.9 Å². The van der Waals surface area contributed by atoms with Crippen molar-refractivity contribution in [3.8, 4) is 0 Å². The first-order valence-corrected chi connectivity index (χ1v) is 5.89. The van der Waals surface area contributed by atoms with Gasteiger partial charge in [0.1, 0.15) is 0 Å². The van der Waals surface area contributed by atoms with Crippen molar-refractivity contribution in [1.82, 2.24) is 0 Å². The summed E-state index contributed by atoms with van der Waals surface area (Å²) in [6, 6.07) is 11.1. The highest BCUT2D eigenvalue weighted by Gasteiger charge is 2.02. The molecule has 0 aromatic heterocycles. The molecular formula is C13H12Cl2N2. The summed E-state index contributed by atoms with van der Waals surface area (Å²) in [7, 11) is 0. The molecule has 88 valence electrons. The van der Waals surface area contributed by atoms with Gasteiger partial charge in [0.05, 0.1) is 10.7 Å². The van der Waals surface area contributed by atoms with Crippen molar-refractivity contribution in [3.05, 3.63) is 57.6 Å². The minimum atomic E-state index is 0.567. The Morgan fingerprint density at radius 2 is 1.65 bits per heavy atom. The molecule has 0 saturated carbocycles. The molecule has 17 heavy (non-hydrogen) atoms. The zero-order valence-corrected chi connectivity index (χ0v) is 10.6. The molecule has 0 atom stereocenters. The molecular weight excluding hydrogens is 255 g/mol. The maximum atomic E-state index is 5.97. The third-order valence-electron chi connectivity index (χ3n) is 2.45. The van der Waals surface area contributed by atoms with Gasteiger partial charge in [0.2, 0.25) is 0 Å². The molecule has 0 amide bonds. The van der Waals surface area contributed by atoms with E-state index in [1.165, 1.54) is 0 Å². The Balaban J connectivity index is 2.28. The molecule has 0 fully saturated rings. The molecule has 0 unspecified atom stereocenters. The third kappa shape index (κ3) is 3.05. The van der Waals surface area contributed by atoms with Gasteiger partial charge in [-0.2, -0.15) is 0 Å². The predicted octanol–water partition coefficient (Wildman–Crippen LogP) is 3.75. The monoisotopic (exact) mass is 266 g/mol. The zero-order chi connectivity index (χ0) is 12.4. The van der Waals surface area contributed by atoms with E-state index in [9.17, 15) is 0 Å². The van der Waals surface area contributed by atoms with Crippen molar-refractivity contribution < 1.29 is 0 Å². The molecule has 4 heteroatoms. The van der Waals surface area contributed by atoms with E-state index in [2.05, 4.69) is 0 Å². The highest BCUT2D eigenvalue weighted by molar-refractivity contribution is 6.33. The first kappa shape index (κ1) is 12.1. The van der Waals surface area contributed by atoms with E-state index in [4.69, 9.17) is 34.7 Å². The number of halogens is 2. The molecule has 0 bridgehead atoms. The van der Waals surface area contributed by atoms with Crippen LogP contribution in [0.4, 0.5) is 11.4 Å². The van der Waals surface area contributed by atoms with E-state index in [-0.39, 0.29) is 0 Å². The van der Waals surface area contributed by atoms with Gasteiger partial charge < -0.3 is 11.5 Å². The molecule has 0 saturated heterocycles. The maximum Gasteiger partial charge on any atom is 0.0638 e. The van der Waals surface area contributed by atoms with Gasteiger partial charge in [-0.25, -0.2) is 0 Å². The van der Waals surface area contributed by atoms with Crippen LogP contribution in [0.1, 0.15) is 11.1 Å². The Hall–Kier alpha value is -1.38. The van der Waals surface area contributed by atoms with Crippen LogP contribution in [0.25, 0.3) is 0 Å². The summed E-state index contributed by atoms with van der Waals surface area (Å²) in [6.07, 6.45) is 0.727. The van der Waals surface area contributed by atoms with Crippen molar-refractivity contribution in [2.24, 2.45) is 0 Å². The Morgan fingerprint density at radius 1 is 0.882 bits per heavy atom. The minimum Gasteiger partial charge on any atom is -0.399 e. The molecule has 2 nitrogen and oxygen atoms in total. The zero-order valence-electron chi connectivity index (χ0n) is 9.08. The lowest BCUT2D eigenvalue weighted by Crippen LogP contribution is -1.93. The Morgan fingerprint density at radius 3 is 2.29 bits per heavy atom. The van der Waals surface area contributed by atoms with Crippen LogP contribution in [0.2, 0.25) is 10.0 Å². The number of rotatable bonds is 2. The quantitative estimate of drug-likeness (QED) is 0.814. The number of benzene rings is 2. The fraction of sp³-hybridized carbons (Fsp3) is 0.0769. The van der Waals surface area contributed by atoms with Gasteiger partial charge in [-0.1, -0.05) is 29.3 Å². The number of anilines is 2. The predicted molar refractivity (Wildman–Crippen MR) is 74.5 cm³/mol. The van der Waals surface area contributed by atoms with Crippen LogP contribution < -0.4 is 11.5 Å². The summed E-state index contributed by atoms with van der Waals surface area (Å²) in [5.41, 5.74) is 14.8. The Kier molecular flexibility index (Phi) is 3.46. The lowest BCUT2D eigenvalue weighted by atomic mass is 10.0. The molecule has 0 heterocycles. The van der Waals surface area contributed by atoms with Gasteiger partial charge in [-0.3, -0.25) is 0 Å². The lowest BCUT2D eigenvalue weighted by Gasteiger charge is -2.06. The highest BCUT2D eigenvalue weighted by atomic mass is 35.5. The Labute approximate surface area is 110 Å². The summed E-state index contributed by atoms with van der Waals surface area (Å²) < 4.78 is 0. The Bertz CT molecular complexity index is 533. The van der Waals surface area contributed by atoms with Crippen molar-refractivity contribution in [3.63, 3.8) is 0 Å². The molecule has 0 aliphatic heterocycles. The van der Waals surface area contributed by atoms with Crippen LogP contribution in [0.5, 0.6) is 0 Å². The number of hydrogen-bond acceptors (Lipinski definition) is 2. The third-order valence-corrected chi connectivity index (χ3v) is 3.00. The summed E-state index contributed by atoms with van der Waals surface area (Å²) in [6.45, 7) is 0. The molecule has 2 rings (SSSR count). The fourth-order valence-electron chi connectivity index (χ4n) is 1.69. The topological polar surface area (TPSA) is 52.0 Å². The van der Waals surface area contributed by atoms with E-state index in [0.717, 1.165) is 17.5 Å². The largest absolute Gasteiger partial charge is 0.399 e. The van der Waals surface area contributed by atoms with Gasteiger partial charge in [0, 0.05) is 10.7 Å². The van der Waals surface area contributed by atoms with Crippen LogP contribution in [-0.2, 0) is 6.42 Å². The van der Waals surface area contributed by atoms with Crippen LogP contribution in [0, 0.1) is 0 Å². The normalized spacial score (nSPS) is 10.5. The highest BCUT2D eigenvalue weighted by Crippen LogP contribution is 2.23. The van der Waals surface area contributed by atoms with E-state index in [0.29, 0.717) is 21.4 Å². The standard InChI is InChI=1S/C13H12Cl2N2/c14-10-4-9(5-11(16)7-10)3-8-1-2-13(17)12(15)6-8/h1-2,4-7H,3,16-17H2. The minimum absolute atomic E-state index is 0.567. The molecule has 0 spiro atoms. The van der Waals surface area contributed by atoms with Crippen molar-refractivity contribution in [2.75, 3.05) is 11.5 Å². The number of hydrogen-bond donors (Lipinski definition) is 2. The summed E-state index contributed by atoms with van der Waals surface area (Å²) >= 11 is 11.9.